The molecule has 0 spiro atoms. The number of nitrogens with one attached hydrogen (secondary N) is 1. The average molecular weight is 299 g/mol. The number of aryl methyl sites for hydroxylation is 1. The van der Waals surface area contributed by atoms with E-state index in [1.165, 1.54) is 11.8 Å². The minimum Gasteiger partial charge on any atom is -0.477 e. The zero-order valence-electron chi connectivity index (χ0n) is 13.1. The van der Waals surface area contributed by atoms with Crippen molar-refractivity contribution in [3.05, 3.63) is 41.6 Å². The summed E-state index contributed by atoms with van der Waals surface area (Å²) in [5, 5.41) is 12.3. The second-order valence-corrected chi connectivity index (χ2v) is 5.59. The van der Waals surface area contributed by atoms with Gasteiger partial charge in [-0.25, -0.2) is 14.8 Å². The monoisotopic (exact) mass is 299 g/mol. The molecule has 22 heavy (non-hydrogen) atoms. The number of hydrogen-bond acceptors (Lipinski definition) is 4. The highest BCUT2D eigenvalue weighted by Gasteiger charge is 2.14. The fourth-order valence-electron chi connectivity index (χ4n) is 2.00. The Morgan fingerprint density at radius 3 is 2.50 bits per heavy atom. The average Bonchev–Trinajstić information content (AvgIpc) is 2.52. The molecular formula is C17H21N3O2. The number of aromatic carboxylic acids is 1. The summed E-state index contributed by atoms with van der Waals surface area (Å²) < 4.78 is 0. The first kappa shape index (κ1) is 15.9. The Hall–Kier alpha value is -2.43. The number of benzene rings is 1. The number of carbonyl (C=O) groups is 1. The summed E-state index contributed by atoms with van der Waals surface area (Å²) in [7, 11) is 0. The summed E-state index contributed by atoms with van der Waals surface area (Å²) in [6.07, 6.45) is 2.33. The molecule has 5 heteroatoms. The van der Waals surface area contributed by atoms with Crippen molar-refractivity contribution in [2.45, 2.75) is 27.2 Å². The topological polar surface area (TPSA) is 75.1 Å². The van der Waals surface area contributed by atoms with E-state index >= 15 is 0 Å². The molecule has 0 unspecified atom stereocenters. The second-order valence-electron chi connectivity index (χ2n) is 5.59. The van der Waals surface area contributed by atoms with Crippen LogP contribution in [-0.4, -0.2) is 27.6 Å². The minimum absolute atomic E-state index is 0.0922. The molecule has 0 fully saturated rings. The van der Waals surface area contributed by atoms with E-state index < -0.39 is 5.97 Å². The molecule has 2 N–H and O–H groups in total. The summed E-state index contributed by atoms with van der Waals surface area (Å²) in [6.45, 7) is 6.87. The third kappa shape index (κ3) is 3.81. The van der Waals surface area contributed by atoms with Gasteiger partial charge in [0, 0.05) is 18.3 Å². The summed E-state index contributed by atoms with van der Waals surface area (Å²) in [6, 6.07) is 7.98. The molecule has 0 bridgehead atoms. The van der Waals surface area contributed by atoms with Crippen LogP contribution in [0.1, 0.15) is 36.7 Å². The lowest BCUT2D eigenvalue weighted by molar-refractivity contribution is 0.0697. The van der Waals surface area contributed by atoms with Gasteiger partial charge in [0.05, 0.1) is 0 Å². The van der Waals surface area contributed by atoms with Crippen LogP contribution >= 0.6 is 0 Å². The Bertz CT molecular complexity index is 651. The minimum atomic E-state index is -1.03. The standard InChI is InChI=1S/C17H21N3O2/c1-4-12-5-7-13(8-6-12)15-19-10-14(17(21)22)16(20-15)18-9-11(2)3/h5-8,10-11H,4,9H2,1-3H3,(H,21,22)(H,18,19,20). The quantitative estimate of drug-likeness (QED) is 0.854. The lowest BCUT2D eigenvalue weighted by Gasteiger charge is -2.12. The van der Waals surface area contributed by atoms with Crippen LogP contribution in [0.3, 0.4) is 0 Å². The summed E-state index contributed by atoms with van der Waals surface area (Å²) >= 11 is 0. The van der Waals surface area contributed by atoms with Gasteiger partial charge < -0.3 is 10.4 Å². The van der Waals surface area contributed by atoms with E-state index in [-0.39, 0.29) is 5.56 Å². The van der Waals surface area contributed by atoms with Crippen LogP contribution in [0, 0.1) is 5.92 Å². The zero-order chi connectivity index (χ0) is 16.1. The van der Waals surface area contributed by atoms with Gasteiger partial charge in [-0.2, -0.15) is 0 Å². The van der Waals surface area contributed by atoms with Crippen molar-refractivity contribution in [3.8, 4) is 11.4 Å². The van der Waals surface area contributed by atoms with E-state index in [9.17, 15) is 9.90 Å². The van der Waals surface area contributed by atoms with Crippen LogP contribution in [0.4, 0.5) is 5.82 Å². The first-order valence-electron chi connectivity index (χ1n) is 7.44. The molecule has 0 aliphatic rings. The number of carboxylic acid groups (broad SMARTS) is 1. The third-order valence-corrected chi connectivity index (χ3v) is 3.32. The molecule has 0 radical (unpaired) electrons. The number of anilines is 1. The molecule has 0 atom stereocenters. The molecule has 116 valence electrons. The van der Waals surface area contributed by atoms with Crippen molar-refractivity contribution in [3.63, 3.8) is 0 Å². The molecule has 0 saturated heterocycles. The van der Waals surface area contributed by atoms with Gasteiger partial charge in [0.15, 0.2) is 5.82 Å². The molecule has 0 aliphatic heterocycles. The zero-order valence-corrected chi connectivity index (χ0v) is 13.1. The maximum atomic E-state index is 11.3. The second kappa shape index (κ2) is 7.02. The Kier molecular flexibility index (Phi) is 5.09. The third-order valence-electron chi connectivity index (χ3n) is 3.32. The number of carboxylic acids is 1. The molecule has 2 aromatic rings. The lowest BCUT2D eigenvalue weighted by Crippen LogP contribution is -2.14. The van der Waals surface area contributed by atoms with Crippen molar-refractivity contribution < 1.29 is 9.90 Å². The number of hydrogen-bond donors (Lipinski definition) is 2. The lowest BCUT2D eigenvalue weighted by atomic mass is 10.1. The first-order valence-corrected chi connectivity index (χ1v) is 7.44. The van der Waals surface area contributed by atoms with E-state index in [0.29, 0.717) is 24.1 Å². The fraction of sp³-hybridized carbons (Fsp3) is 0.353. The molecule has 0 aliphatic carbocycles. The van der Waals surface area contributed by atoms with Gasteiger partial charge in [0.1, 0.15) is 11.4 Å². The van der Waals surface area contributed by atoms with Crippen molar-refractivity contribution in [1.29, 1.82) is 0 Å². The molecule has 5 nitrogen and oxygen atoms in total. The van der Waals surface area contributed by atoms with E-state index in [4.69, 9.17) is 0 Å². The van der Waals surface area contributed by atoms with Crippen molar-refractivity contribution in [1.82, 2.24) is 9.97 Å². The molecule has 0 amide bonds. The molecule has 1 heterocycles. The van der Waals surface area contributed by atoms with Gasteiger partial charge in [0.25, 0.3) is 0 Å². The van der Waals surface area contributed by atoms with E-state index in [2.05, 4.69) is 36.1 Å². The number of aromatic nitrogens is 2. The van der Waals surface area contributed by atoms with E-state index in [1.807, 2.05) is 24.3 Å². The largest absolute Gasteiger partial charge is 0.477 e. The SMILES string of the molecule is CCc1ccc(-c2ncc(C(=O)O)c(NCC(C)C)n2)cc1. The number of rotatable bonds is 6. The van der Waals surface area contributed by atoms with Gasteiger partial charge in [-0.3, -0.25) is 0 Å². The van der Waals surface area contributed by atoms with Gasteiger partial charge in [-0.1, -0.05) is 45.0 Å². The highest BCUT2D eigenvalue weighted by atomic mass is 16.4. The highest BCUT2D eigenvalue weighted by molar-refractivity contribution is 5.93. The van der Waals surface area contributed by atoms with Gasteiger partial charge in [0.2, 0.25) is 0 Å². The predicted molar refractivity (Wildman–Crippen MR) is 87.1 cm³/mol. The van der Waals surface area contributed by atoms with Gasteiger partial charge in [-0.15, -0.1) is 0 Å². The fourth-order valence-corrected chi connectivity index (χ4v) is 2.00. The summed E-state index contributed by atoms with van der Waals surface area (Å²) in [5.74, 6) is 0.257. The smallest absolute Gasteiger partial charge is 0.341 e. The molecule has 1 aromatic carbocycles. The Morgan fingerprint density at radius 2 is 1.95 bits per heavy atom. The summed E-state index contributed by atoms with van der Waals surface area (Å²) in [5.41, 5.74) is 2.21. The van der Waals surface area contributed by atoms with E-state index in [1.54, 1.807) is 0 Å². The molecule has 2 rings (SSSR count). The molecular weight excluding hydrogens is 278 g/mol. The predicted octanol–water partition coefficient (Wildman–Crippen LogP) is 3.47. The van der Waals surface area contributed by atoms with Crippen LogP contribution in [0.15, 0.2) is 30.5 Å². The summed E-state index contributed by atoms with van der Waals surface area (Å²) in [4.78, 5) is 19.8. The van der Waals surface area contributed by atoms with Gasteiger partial charge in [-0.05, 0) is 17.9 Å². The van der Waals surface area contributed by atoms with Crippen LogP contribution in [0.2, 0.25) is 0 Å². The molecule has 0 saturated carbocycles. The number of nitrogens with zero attached hydrogens (tertiary/aromatic N) is 2. The maximum absolute atomic E-state index is 11.3. The Labute approximate surface area is 130 Å². The van der Waals surface area contributed by atoms with Crippen LogP contribution in [0.25, 0.3) is 11.4 Å². The molecule has 1 aromatic heterocycles. The van der Waals surface area contributed by atoms with E-state index in [0.717, 1.165) is 12.0 Å². The highest BCUT2D eigenvalue weighted by Crippen LogP contribution is 2.20. The van der Waals surface area contributed by atoms with Crippen LogP contribution in [0.5, 0.6) is 0 Å². The van der Waals surface area contributed by atoms with Crippen molar-refractivity contribution in [2.24, 2.45) is 5.92 Å². The first-order chi connectivity index (χ1) is 10.5. The normalized spacial score (nSPS) is 10.7. The van der Waals surface area contributed by atoms with Crippen molar-refractivity contribution in [2.75, 3.05) is 11.9 Å². The van der Waals surface area contributed by atoms with Crippen molar-refractivity contribution >= 4 is 11.8 Å². The van der Waals surface area contributed by atoms with Crippen LogP contribution in [-0.2, 0) is 6.42 Å². The van der Waals surface area contributed by atoms with Gasteiger partial charge >= 0.3 is 5.97 Å². The maximum Gasteiger partial charge on any atom is 0.341 e. The van der Waals surface area contributed by atoms with Crippen LogP contribution < -0.4 is 5.32 Å². The Morgan fingerprint density at radius 1 is 1.27 bits per heavy atom. The Balaban J connectivity index is 2.35.